The number of hydrogen-bond donors (Lipinski definition) is 3. The molecule has 0 spiro atoms. The van der Waals surface area contributed by atoms with Crippen molar-refractivity contribution in [3.8, 4) is 5.75 Å². The van der Waals surface area contributed by atoms with Crippen LogP contribution < -0.4 is 20.7 Å². The third-order valence-electron chi connectivity index (χ3n) is 5.57. The van der Waals surface area contributed by atoms with Gasteiger partial charge >= 0.3 is 0 Å². The van der Waals surface area contributed by atoms with Gasteiger partial charge in [-0.2, -0.15) is 0 Å². The fourth-order valence-electron chi connectivity index (χ4n) is 3.74. The number of carbonyl (C=O) groups excluding carboxylic acids is 2. The van der Waals surface area contributed by atoms with Crippen LogP contribution in [0.1, 0.15) is 49.0 Å². The molecule has 2 fully saturated rings. The second kappa shape index (κ2) is 9.11. The minimum absolute atomic E-state index is 0.0213. The second-order valence-electron chi connectivity index (χ2n) is 7.88. The van der Waals surface area contributed by atoms with Gasteiger partial charge in [0.1, 0.15) is 11.4 Å². The second-order valence-corrected chi connectivity index (χ2v) is 7.88. The molecule has 2 aliphatic rings. The van der Waals surface area contributed by atoms with Crippen LogP contribution in [0.3, 0.4) is 0 Å². The third-order valence-corrected chi connectivity index (χ3v) is 5.57. The number of hydrogen-bond acceptors (Lipinski definition) is 6. The molecule has 1 unspecified atom stereocenters. The van der Waals surface area contributed by atoms with Gasteiger partial charge in [0.15, 0.2) is 0 Å². The number of benzene rings is 1. The molecule has 2 amide bonds. The Balaban J connectivity index is 1.40. The molecule has 0 saturated heterocycles. The van der Waals surface area contributed by atoms with Gasteiger partial charge in [-0.25, -0.2) is 9.97 Å². The summed E-state index contributed by atoms with van der Waals surface area (Å²) in [6, 6.07) is 8.88. The average molecular weight is 409 g/mol. The maximum Gasteiger partial charge on any atom is 0.270 e. The van der Waals surface area contributed by atoms with E-state index in [0.29, 0.717) is 11.7 Å². The van der Waals surface area contributed by atoms with Crippen molar-refractivity contribution in [1.82, 2.24) is 20.6 Å². The Morgan fingerprint density at radius 2 is 1.80 bits per heavy atom. The van der Waals surface area contributed by atoms with Crippen molar-refractivity contribution in [3.63, 3.8) is 0 Å². The lowest BCUT2D eigenvalue weighted by atomic mass is 9.90. The van der Waals surface area contributed by atoms with E-state index in [1.807, 2.05) is 24.3 Å². The van der Waals surface area contributed by atoms with Crippen LogP contribution in [-0.4, -0.2) is 41.0 Å². The SMILES string of the molecule is COc1cccc(Nc2nccc(C(=O)NC3CCCC[C@H]3NC(=O)C3CC3)n2)c1. The van der Waals surface area contributed by atoms with Gasteiger partial charge < -0.3 is 20.7 Å². The van der Waals surface area contributed by atoms with Crippen LogP contribution in [-0.2, 0) is 4.79 Å². The molecule has 8 nitrogen and oxygen atoms in total. The first-order valence-electron chi connectivity index (χ1n) is 10.5. The molecule has 8 heteroatoms. The van der Waals surface area contributed by atoms with Crippen molar-refractivity contribution in [2.24, 2.45) is 5.92 Å². The molecule has 2 aromatic rings. The van der Waals surface area contributed by atoms with Gasteiger partial charge in [-0.3, -0.25) is 9.59 Å². The smallest absolute Gasteiger partial charge is 0.270 e. The Bertz CT molecular complexity index is 915. The Labute approximate surface area is 175 Å². The number of amides is 2. The summed E-state index contributed by atoms with van der Waals surface area (Å²) in [4.78, 5) is 33.6. The predicted molar refractivity (Wildman–Crippen MR) is 113 cm³/mol. The maximum absolute atomic E-state index is 12.8. The van der Waals surface area contributed by atoms with Gasteiger partial charge in [0.2, 0.25) is 11.9 Å². The Kier molecular flexibility index (Phi) is 6.11. The lowest BCUT2D eigenvalue weighted by Gasteiger charge is -2.32. The van der Waals surface area contributed by atoms with Crippen molar-refractivity contribution < 1.29 is 14.3 Å². The van der Waals surface area contributed by atoms with E-state index in [4.69, 9.17) is 4.74 Å². The van der Waals surface area contributed by atoms with E-state index < -0.39 is 0 Å². The van der Waals surface area contributed by atoms with Crippen LogP contribution in [0.5, 0.6) is 5.75 Å². The summed E-state index contributed by atoms with van der Waals surface area (Å²) < 4.78 is 5.22. The first-order valence-corrected chi connectivity index (χ1v) is 10.5. The quantitative estimate of drug-likeness (QED) is 0.649. The van der Waals surface area contributed by atoms with Gasteiger partial charge in [0.05, 0.1) is 7.11 Å². The molecule has 2 saturated carbocycles. The largest absolute Gasteiger partial charge is 0.497 e. The Hall–Kier alpha value is -3.16. The van der Waals surface area contributed by atoms with E-state index in [-0.39, 0.29) is 35.5 Å². The maximum atomic E-state index is 12.8. The van der Waals surface area contributed by atoms with Crippen molar-refractivity contribution in [2.75, 3.05) is 12.4 Å². The summed E-state index contributed by atoms with van der Waals surface area (Å²) in [5.41, 5.74) is 1.05. The van der Waals surface area contributed by atoms with Gasteiger partial charge in [0.25, 0.3) is 5.91 Å². The van der Waals surface area contributed by atoms with E-state index in [2.05, 4.69) is 25.9 Å². The molecule has 30 heavy (non-hydrogen) atoms. The number of aromatic nitrogens is 2. The van der Waals surface area contributed by atoms with E-state index in [1.54, 1.807) is 19.4 Å². The highest BCUT2D eigenvalue weighted by atomic mass is 16.5. The Morgan fingerprint density at radius 1 is 1.03 bits per heavy atom. The molecule has 158 valence electrons. The van der Waals surface area contributed by atoms with Crippen LogP contribution in [0.25, 0.3) is 0 Å². The standard InChI is InChI=1S/C22H27N5O3/c1-30-16-6-4-5-15(13-16)24-22-23-12-11-19(27-22)21(29)26-18-8-3-2-7-17(18)25-20(28)14-9-10-14/h4-6,11-14,17-18H,2-3,7-10H2,1H3,(H,25,28)(H,26,29)(H,23,24,27)/t17-,18?/m1/s1. The van der Waals surface area contributed by atoms with Gasteiger partial charge in [-0.1, -0.05) is 18.9 Å². The lowest BCUT2D eigenvalue weighted by Crippen LogP contribution is -2.53. The first kappa shape index (κ1) is 20.1. The van der Waals surface area contributed by atoms with Crippen LogP contribution in [0, 0.1) is 5.92 Å². The highest BCUT2D eigenvalue weighted by molar-refractivity contribution is 5.92. The van der Waals surface area contributed by atoms with Crippen LogP contribution >= 0.6 is 0 Å². The molecule has 4 rings (SSSR count). The summed E-state index contributed by atoms with van der Waals surface area (Å²) in [6.45, 7) is 0. The number of ether oxygens (including phenoxy) is 1. The lowest BCUT2D eigenvalue weighted by molar-refractivity contribution is -0.123. The predicted octanol–water partition coefficient (Wildman–Crippen LogP) is 2.80. The van der Waals surface area contributed by atoms with Crippen molar-refractivity contribution in [1.29, 1.82) is 0 Å². The van der Waals surface area contributed by atoms with E-state index in [9.17, 15) is 9.59 Å². The third kappa shape index (κ3) is 5.06. The fraction of sp³-hybridized carbons (Fsp3) is 0.455. The molecule has 1 heterocycles. The summed E-state index contributed by atoms with van der Waals surface area (Å²) >= 11 is 0. The molecule has 0 radical (unpaired) electrons. The van der Waals surface area contributed by atoms with Gasteiger partial charge in [-0.15, -0.1) is 0 Å². The summed E-state index contributed by atoms with van der Waals surface area (Å²) in [5, 5.41) is 9.29. The zero-order valence-electron chi connectivity index (χ0n) is 17.1. The molecule has 0 aliphatic heterocycles. The number of anilines is 2. The van der Waals surface area contributed by atoms with Crippen LogP contribution in [0.2, 0.25) is 0 Å². The number of methoxy groups -OCH3 is 1. The molecule has 2 atom stereocenters. The Morgan fingerprint density at radius 3 is 2.53 bits per heavy atom. The van der Waals surface area contributed by atoms with Crippen LogP contribution in [0.4, 0.5) is 11.6 Å². The van der Waals surface area contributed by atoms with Crippen molar-refractivity contribution >= 4 is 23.5 Å². The first-order chi connectivity index (χ1) is 14.6. The highest BCUT2D eigenvalue weighted by Crippen LogP contribution is 2.30. The molecule has 2 aliphatic carbocycles. The molecule has 3 N–H and O–H groups in total. The number of carbonyl (C=O) groups is 2. The molecule has 1 aromatic heterocycles. The normalized spacial score (nSPS) is 20.8. The number of nitrogens with one attached hydrogen (secondary N) is 3. The summed E-state index contributed by atoms with van der Waals surface area (Å²) in [6.07, 6.45) is 7.32. The fourth-order valence-corrected chi connectivity index (χ4v) is 3.74. The minimum atomic E-state index is -0.260. The van der Waals surface area contributed by atoms with Gasteiger partial charge in [0, 0.05) is 36.0 Å². The zero-order chi connectivity index (χ0) is 20.9. The molecule has 1 aromatic carbocycles. The van der Waals surface area contributed by atoms with Gasteiger partial charge in [-0.05, 0) is 43.9 Å². The van der Waals surface area contributed by atoms with E-state index in [1.165, 1.54) is 0 Å². The monoisotopic (exact) mass is 409 g/mol. The zero-order valence-corrected chi connectivity index (χ0v) is 17.1. The van der Waals surface area contributed by atoms with Crippen molar-refractivity contribution in [3.05, 3.63) is 42.2 Å². The number of rotatable bonds is 7. The average Bonchev–Trinajstić information content (AvgIpc) is 3.61. The van der Waals surface area contributed by atoms with Crippen molar-refractivity contribution in [2.45, 2.75) is 50.6 Å². The highest BCUT2D eigenvalue weighted by Gasteiger charge is 2.34. The minimum Gasteiger partial charge on any atom is -0.497 e. The topological polar surface area (TPSA) is 105 Å². The van der Waals surface area contributed by atoms with E-state index >= 15 is 0 Å². The molecular formula is C22H27N5O3. The molecular weight excluding hydrogens is 382 g/mol. The van der Waals surface area contributed by atoms with Crippen LogP contribution in [0.15, 0.2) is 36.5 Å². The number of nitrogens with zero attached hydrogens (tertiary/aromatic N) is 2. The van der Waals surface area contributed by atoms with E-state index in [0.717, 1.165) is 44.2 Å². The molecule has 0 bridgehead atoms. The summed E-state index contributed by atoms with van der Waals surface area (Å²) in [5.74, 6) is 1.07. The summed E-state index contributed by atoms with van der Waals surface area (Å²) in [7, 11) is 1.60.